The van der Waals surface area contributed by atoms with Gasteiger partial charge in [-0.3, -0.25) is 4.79 Å². The molecule has 2 aliphatic rings. The van der Waals surface area contributed by atoms with Crippen LogP contribution in [0.25, 0.3) is 6.08 Å². The smallest absolute Gasteiger partial charge is 0.414 e. The highest BCUT2D eigenvalue weighted by atomic mass is 19.4. The number of hydrogen-bond acceptors (Lipinski definition) is 5. The van der Waals surface area contributed by atoms with Crippen molar-refractivity contribution in [2.24, 2.45) is 0 Å². The van der Waals surface area contributed by atoms with Gasteiger partial charge in [-0.2, -0.15) is 13.2 Å². The lowest BCUT2D eigenvalue weighted by molar-refractivity contribution is -0.120. The average molecular weight is 470 g/mol. The van der Waals surface area contributed by atoms with Crippen molar-refractivity contribution in [1.82, 2.24) is 4.90 Å². The van der Waals surface area contributed by atoms with Crippen LogP contribution in [0, 0.1) is 0 Å². The van der Waals surface area contributed by atoms with E-state index in [1.165, 1.54) is 17.9 Å². The number of halogens is 3. The number of ether oxygens (including phenoxy) is 3. The number of carbonyl (C=O) groups is 1. The number of benzene rings is 1. The van der Waals surface area contributed by atoms with E-state index in [0.717, 1.165) is 17.2 Å². The lowest BCUT2D eigenvalue weighted by Crippen LogP contribution is -2.34. The summed E-state index contributed by atoms with van der Waals surface area (Å²) in [5.74, 6) is 1.08. The van der Waals surface area contributed by atoms with E-state index in [2.05, 4.69) is 0 Å². The van der Waals surface area contributed by atoms with Crippen molar-refractivity contribution in [3.05, 3.63) is 53.3 Å². The first-order chi connectivity index (χ1) is 15.6. The summed E-state index contributed by atoms with van der Waals surface area (Å²) in [7, 11) is 6.42. The van der Waals surface area contributed by atoms with Gasteiger partial charge in [-0.1, -0.05) is 38.1 Å². The Labute approximate surface area is 194 Å². The molecule has 1 aromatic carbocycles. The number of allylic oxidation sites excluding steroid dienone is 2. The third-order valence-electron chi connectivity index (χ3n) is 5.43. The fourth-order valence-corrected chi connectivity index (χ4v) is 3.65. The number of nitrogens with zero attached hydrogens (tertiary/aromatic N) is 1. The van der Waals surface area contributed by atoms with Crippen LogP contribution in [-0.4, -0.2) is 57.4 Å². The number of fused-ring (bicyclic) bond motifs is 1. The maximum absolute atomic E-state index is 12.2. The van der Waals surface area contributed by atoms with E-state index in [-0.39, 0.29) is 17.8 Å². The molecule has 0 fully saturated rings. The molecule has 0 radical (unpaired) electrons. The fourth-order valence-electron chi connectivity index (χ4n) is 3.65. The summed E-state index contributed by atoms with van der Waals surface area (Å²) in [5, 5.41) is 0. The molecular weight excluding hydrogens is 435 g/mol. The van der Waals surface area contributed by atoms with Crippen molar-refractivity contribution in [1.29, 1.82) is 0 Å². The first kappa shape index (κ1) is 28.3. The molecule has 8 heteroatoms. The summed E-state index contributed by atoms with van der Waals surface area (Å²) in [6.07, 6.45) is 3.51. The largest absolute Gasteiger partial charge is 0.493 e. The van der Waals surface area contributed by atoms with Gasteiger partial charge < -0.3 is 19.1 Å². The van der Waals surface area contributed by atoms with Crippen LogP contribution in [0.4, 0.5) is 13.2 Å². The highest BCUT2D eigenvalue weighted by molar-refractivity contribution is 5.88. The van der Waals surface area contributed by atoms with Gasteiger partial charge in [0, 0.05) is 19.7 Å². The molecule has 1 heterocycles. The minimum atomic E-state index is -4.21. The summed E-state index contributed by atoms with van der Waals surface area (Å²) in [6.45, 7) is 7.11. The van der Waals surface area contributed by atoms with Crippen molar-refractivity contribution in [3.63, 3.8) is 0 Å². The number of Topliss-reactive ketones (excluding diaryl/α,β-unsaturated/α-hetero) is 1. The van der Waals surface area contributed by atoms with E-state index in [0.29, 0.717) is 11.5 Å². The first-order valence-corrected chi connectivity index (χ1v) is 10.7. The molecule has 33 heavy (non-hydrogen) atoms. The second-order valence-corrected chi connectivity index (χ2v) is 7.25. The Morgan fingerprint density at radius 2 is 1.73 bits per heavy atom. The topological polar surface area (TPSA) is 48.0 Å². The Morgan fingerprint density at radius 1 is 1.09 bits per heavy atom. The molecule has 0 spiro atoms. The van der Waals surface area contributed by atoms with Crippen LogP contribution in [0.1, 0.15) is 44.7 Å². The first-order valence-electron chi connectivity index (χ1n) is 10.7. The van der Waals surface area contributed by atoms with Gasteiger partial charge in [0.1, 0.15) is 5.78 Å². The molecule has 3 unspecified atom stereocenters. The van der Waals surface area contributed by atoms with Crippen molar-refractivity contribution in [2.75, 3.05) is 28.4 Å². The van der Waals surface area contributed by atoms with Crippen molar-refractivity contribution in [3.8, 4) is 11.5 Å². The van der Waals surface area contributed by atoms with E-state index in [9.17, 15) is 18.0 Å². The SMILES string of the molecule is CC.CC1C(C(F)(F)F)=CC=CN1C.COc1ccc2c(c1OC)C=CC(OC)C2C(C)=O. The summed E-state index contributed by atoms with van der Waals surface area (Å²) in [5.41, 5.74) is 1.31. The van der Waals surface area contributed by atoms with Crippen LogP contribution in [0.5, 0.6) is 11.5 Å². The van der Waals surface area contributed by atoms with E-state index < -0.39 is 17.8 Å². The minimum Gasteiger partial charge on any atom is -0.493 e. The Balaban J connectivity index is 0.000000335. The molecule has 3 rings (SSSR count). The molecule has 0 bridgehead atoms. The fraction of sp³-hybridized carbons (Fsp3) is 0.480. The third-order valence-corrected chi connectivity index (χ3v) is 5.43. The van der Waals surface area contributed by atoms with Gasteiger partial charge in [-0.25, -0.2) is 0 Å². The van der Waals surface area contributed by atoms with E-state index >= 15 is 0 Å². The highest BCUT2D eigenvalue weighted by Gasteiger charge is 2.38. The third kappa shape index (κ3) is 6.63. The second kappa shape index (κ2) is 12.5. The molecule has 3 atom stereocenters. The van der Waals surface area contributed by atoms with Gasteiger partial charge in [-0.05, 0) is 37.8 Å². The summed E-state index contributed by atoms with van der Waals surface area (Å²) >= 11 is 0. The number of likely N-dealkylation sites (N-methyl/N-ethyl adjacent to an activating group) is 1. The molecule has 0 aromatic heterocycles. The molecule has 5 nitrogen and oxygen atoms in total. The molecular formula is C25H34F3NO4. The van der Waals surface area contributed by atoms with Crippen LogP contribution in [0.3, 0.4) is 0 Å². The van der Waals surface area contributed by atoms with Crippen molar-refractivity contribution >= 4 is 11.9 Å². The molecule has 0 amide bonds. The summed E-state index contributed by atoms with van der Waals surface area (Å²) in [4.78, 5) is 13.4. The van der Waals surface area contributed by atoms with Crippen molar-refractivity contribution in [2.45, 2.75) is 51.9 Å². The lowest BCUT2D eigenvalue weighted by atomic mass is 9.82. The number of alkyl halides is 3. The van der Waals surface area contributed by atoms with Crippen LogP contribution in [0.15, 0.2) is 42.1 Å². The zero-order valence-corrected chi connectivity index (χ0v) is 20.5. The standard InChI is InChI=1S/C15H18O4.C8H10F3N.C2H6/c1-9(16)14-10-5-8-13(18-3)15(19-4)11(10)6-7-12(14)17-2;1-6-7(8(9,10)11)4-3-5-12(6)2;1-2/h5-8,12,14H,1-4H3;3-6H,1-2H3;1-2H3. The van der Waals surface area contributed by atoms with E-state index in [1.54, 1.807) is 41.5 Å². The second-order valence-electron chi connectivity index (χ2n) is 7.25. The van der Waals surface area contributed by atoms with Gasteiger partial charge in [-0.15, -0.1) is 0 Å². The lowest BCUT2D eigenvalue weighted by Gasteiger charge is -2.29. The van der Waals surface area contributed by atoms with Crippen LogP contribution in [0.2, 0.25) is 0 Å². The van der Waals surface area contributed by atoms with Gasteiger partial charge >= 0.3 is 6.18 Å². The van der Waals surface area contributed by atoms with Gasteiger partial charge in [0.15, 0.2) is 11.5 Å². The predicted molar refractivity (Wildman–Crippen MR) is 125 cm³/mol. The number of rotatable bonds is 4. The molecule has 0 N–H and O–H groups in total. The quantitative estimate of drug-likeness (QED) is 0.561. The molecule has 0 saturated carbocycles. The van der Waals surface area contributed by atoms with Gasteiger partial charge in [0.05, 0.1) is 37.9 Å². The van der Waals surface area contributed by atoms with Gasteiger partial charge in [0.25, 0.3) is 0 Å². The Morgan fingerprint density at radius 3 is 2.18 bits per heavy atom. The monoisotopic (exact) mass is 469 g/mol. The van der Waals surface area contributed by atoms with Crippen molar-refractivity contribution < 1.29 is 32.2 Å². The Bertz CT molecular complexity index is 890. The molecule has 184 valence electrons. The normalized spacial score (nSPS) is 21.0. The highest BCUT2D eigenvalue weighted by Crippen LogP contribution is 2.41. The van der Waals surface area contributed by atoms with Crippen LogP contribution in [-0.2, 0) is 9.53 Å². The number of methoxy groups -OCH3 is 3. The van der Waals surface area contributed by atoms with Gasteiger partial charge in [0.2, 0.25) is 0 Å². The maximum Gasteiger partial charge on any atom is 0.414 e. The van der Waals surface area contributed by atoms with E-state index in [1.807, 2.05) is 38.1 Å². The Hall–Kier alpha value is -2.74. The Kier molecular flexibility index (Phi) is 10.7. The number of hydrogen-bond donors (Lipinski definition) is 0. The predicted octanol–water partition coefficient (Wildman–Crippen LogP) is 5.77. The number of carbonyl (C=O) groups excluding carboxylic acids is 1. The number of ketones is 1. The molecule has 1 aliphatic carbocycles. The zero-order chi connectivity index (χ0) is 25.3. The maximum atomic E-state index is 12.2. The molecule has 1 aliphatic heterocycles. The van der Waals surface area contributed by atoms with Crippen LogP contribution >= 0.6 is 0 Å². The average Bonchev–Trinajstić information content (AvgIpc) is 2.79. The minimum absolute atomic E-state index is 0.0738. The summed E-state index contributed by atoms with van der Waals surface area (Å²) < 4.78 is 52.8. The van der Waals surface area contributed by atoms with E-state index in [4.69, 9.17) is 14.2 Å². The summed E-state index contributed by atoms with van der Waals surface area (Å²) in [6, 6.07) is 3.13. The zero-order valence-electron chi connectivity index (χ0n) is 20.5. The van der Waals surface area contributed by atoms with Crippen LogP contribution < -0.4 is 9.47 Å². The molecule has 0 saturated heterocycles. The molecule has 1 aromatic rings.